The van der Waals surface area contributed by atoms with Crippen LogP contribution in [0.5, 0.6) is 0 Å². The maximum absolute atomic E-state index is 12.5. The lowest BCUT2D eigenvalue weighted by atomic mass is 9.98. The molecular formula is C19H17F2NO5. The molecule has 2 aromatic carbocycles. The summed E-state index contributed by atoms with van der Waals surface area (Å²) in [6, 6.07) is 13.1. The molecule has 2 atom stereocenters. The van der Waals surface area contributed by atoms with Crippen molar-refractivity contribution >= 4 is 12.1 Å². The van der Waals surface area contributed by atoms with E-state index in [9.17, 15) is 23.5 Å². The number of rotatable bonds is 6. The number of nitrogens with one attached hydrogen (secondary N) is 1. The van der Waals surface area contributed by atoms with Crippen LogP contribution in [0.15, 0.2) is 48.5 Å². The fourth-order valence-corrected chi connectivity index (χ4v) is 3.21. The molecule has 8 heteroatoms. The maximum atomic E-state index is 12.5. The van der Waals surface area contributed by atoms with Crippen LogP contribution in [0.2, 0.25) is 0 Å². The molecule has 0 aliphatic heterocycles. The molecule has 0 heterocycles. The highest BCUT2D eigenvalue weighted by Crippen LogP contribution is 2.44. The second-order valence-corrected chi connectivity index (χ2v) is 6.11. The summed E-state index contributed by atoms with van der Waals surface area (Å²) in [4.78, 5) is 22.9. The number of hydrogen-bond donors (Lipinski definition) is 3. The number of carbonyl (C=O) groups excluding carboxylic acids is 1. The van der Waals surface area contributed by atoms with Gasteiger partial charge in [-0.15, -0.1) is 0 Å². The Labute approximate surface area is 153 Å². The van der Waals surface area contributed by atoms with Gasteiger partial charge in [0.15, 0.2) is 6.04 Å². The van der Waals surface area contributed by atoms with Crippen molar-refractivity contribution in [2.75, 3.05) is 6.61 Å². The van der Waals surface area contributed by atoms with Gasteiger partial charge in [0.2, 0.25) is 0 Å². The number of carbonyl (C=O) groups is 2. The number of aliphatic hydroxyl groups is 1. The van der Waals surface area contributed by atoms with Gasteiger partial charge in [-0.05, 0) is 22.3 Å². The molecule has 6 nitrogen and oxygen atoms in total. The fourth-order valence-electron chi connectivity index (χ4n) is 3.21. The van der Waals surface area contributed by atoms with E-state index in [1.807, 2.05) is 48.5 Å². The summed E-state index contributed by atoms with van der Waals surface area (Å²) in [5, 5.41) is 19.9. The normalized spacial score (nSPS) is 15.0. The average molecular weight is 377 g/mol. The highest BCUT2D eigenvalue weighted by molar-refractivity contribution is 5.81. The van der Waals surface area contributed by atoms with Gasteiger partial charge in [0, 0.05) is 5.92 Å². The Morgan fingerprint density at radius 3 is 2.04 bits per heavy atom. The van der Waals surface area contributed by atoms with E-state index in [4.69, 9.17) is 9.84 Å². The van der Waals surface area contributed by atoms with Crippen LogP contribution in [0.4, 0.5) is 13.6 Å². The summed E-state index contributed by atoms with van der Waals surface area (Å²) >= 11 is 0. The molecule has 0 bridgehead atoms. The molecule has 2 aromatic rings. The van der Waals surface area contributed by atoms with E-state index in [1.54, 1.807) is 5.32 Å². The number of hydrogen-bond acceptors (Lipinski definition) is 4. The molecule has 0 aromatic heterocycles. The Morgan fingerprint density at radius 2 is 1.56 bits per heavy atom. The van der Waals surface area contributed by atoms with Crippen LogP contribution in [-0.4, -0.2) is 47.5 Å². The molecule has 27 heavy (non-hydrogen) atoms. The number of amides is 1. The minimum Gasteiger partial charge on any atom is -0.480 e. The van der Waals surface area contributed by atoms with Gasteiger partial charge < -0.3 is 20.3 Å². The number of halogens is 2. The van der Waals surface area contributed by atoms with Crippen molar-refractivity contribution in [3.63, 3.8) is 0 Å². The van der Waals surface area contributed by atoms with Gasteiger partial charge in [-0.1, -0.05) is 48.5 Å². The number of alkyl halides is 2. The van der Waals surface area contributed by atoms with E-state index in [-0.39, 0.29) is 12.5 Å². The first-order chi connectivity index (χ1) is 12.9. The molecule has 0 unspecified atom stereocenters. The molecule has 1 aliphatic carbocycles. The highest BCUT2D eigenvalue weighted by atomic mass is 19.3. The fraction of sp³-hybridized carbons (Fsp3) is 0.263. The molecule has 3 N–H and O–H groups in total. The second-order valence-electron chi connectivity index (χ2n) is 6.11. The molecule has 1 amide bonds. The minimum absolute atomic E-state index is 0.100. The van der Waals surface area contributed by atoms with Crippen LogP contribution in [0.3, 0.4) is 0 Å². The lowest BCUT2D eigenvalue weighted by molar-refractivity contribution is -0.146. The van der Waals surface area contributed by atoms with Gasteiger partial charge in [-0.3, -0.25) is 0 Å². The van der Waals surface area contributed by atoms with E-state index in [1.165, 1.54) is 0 Å². The zero-order valence-corrected chi connectivity index (χ0v) is 14.0. The number of aliphatic hydroxyl groups excluding tert-OH is 1. The van der Waals surface area contributed by atoms with Gasteiger partial charge in [0.1, 0.15) is 12.7 Å². The standard InChI is InChI=1S/C19H17F2NO5/c20-17(21)16(23)15(18(24)25)22-19(26)27-9-14-12-7-3-1-5-10(12)11-6-2-4-8-13(11)14/h1-8,14-17,23H,9H2,(H,22,26)(H,24,25)/t15-,16-/m0/s1. The Balaban J connectivity index is 1.71. The number of carboxylic acid groups (broad SMARTS) is 1. The van der Waals surface area contributed by atoms with E-state index < -0.39 is 30.6 Å². The molecule has 0 saturated carbocycles. The van der Waals surface area contributed by atoms with Crippen molar-refractivity contribution < 1.29 is 33.3 Å². The third-order valence-electron chi connectivity index (χ3n) is 4.48. The highest BCUT2D eigenvalue weighted by Gasteiger charge is 2.35. The molecule has 0 saturated heterocycles. The summed E-state index contributed by atoms with van der Waals surface area (Å²) in [6.07, 6.45) is -7.05. The van der Waals surface area contributed by atoms with Gasteiger partial charge >= 0.3 is 12.1 Å². The van der Waals surface area contributed by atoms with E-state index >= 15 is 0 Å². The van der Waals surface area contributed by atoms with E-state index in [2.05, 4.69) is 0 Å². The predicted octanol–water partition coefficient (Wildman–Crippen LogP) is 2.60. The van der Waals surface area contributed by atoms with Gasteiger partial charge in [0.05, 0.1) is 0 Å². The van der Waals surface area contributed by atoms with Crippen LogP contribution in [0, 0.1) is 0 Å². The summed E-state index contributed by atoms with van der Waals surface area (Å²) in [5.74, 6) is -2.04. The number of benzene rings is 2. The molecule has 3 rings (SSSR count). The molecular weight excluding hydrogens is 360 g/mol. The zero-order valence-electron chi connectivity index (χ0n) is 14.0. The van der Waals surface area contributed by atoms with Crippen LogP contribution in [-0.2, 0) is 9.53 Å². The molecule has 142 valence electrons. The topological polar surface area (TPSA) is 95.9 Å². The van der Waals surface area contributed by atoms with Crippen LogP contribution >= 0.6 is 0 Å². The monoisotopic (exact) mass is 377 g/mol. The first kappa shape index (κ1) is 18.8. The number of fused-ring (bicyclic) bond motifs is 3. The third kappa shape index (κ3) is 3.75. The lowest BCUT2D eigenvalue weighted by Crippen LogP contribution is -2.51. The van der Waals surface area contributed by atoms with Crippen molar-refractivity contribution in [2.24, 2.45) is 0 Å². The van der Waals surface area contributed by atoms with Crippen molar-refractivity contribution in [3.05, 3.63) is 59.7 Å². The van der Waals surface area contributed by atoms with Crippen molar-refractivity contribution in [3.8, 4) is 11.1 Å². The first-order valence-corrected chi connectivity index (χ1v) is 8.20. The van der Waals surface area contributed by atoms with Crippen LogP contribution < -0.4 is 5.32 Å². The molecule has 0 radical (unpaired) electrons. The van der Waals surface area contributed by atoms with Crippen LogP contribution in [0.1, 0.15) is 17.0 Å². The molecule has 0 fully saturated rings. The summed E-state index contributed by atoms with van der Waals surface area (Å²) in [5.41, 5.74) is 3.93. The zero-order chi connectivity index (χ0) is 19.6. The number of ether oxygens (including phenoxy) is 1. The summed E-state index contributed by atoms with van der Waals surface area (Å²) in [6.45, 7) is -0.100. The first-order valence-electron chi connectivity index (χ1n) is 8.20. The molecule has 0 spiro atoms. The van der Waals surface area contributed by atoms with Crippen molar-refractivity contribution in [2.45, 2.75) is 24.5 Å². The van der Waals surface area contributed by atoms with Gasteiger partial charge in [0.25, 0.3) is 6.43 Å². The summed E-state index contributed by atoms with van der Waals surface area (Å²) in [7, 11) is 0. The Morgan fingerprint density at radius 1 is 1.04 bits per heavy atom. The van der Waals surface area contributed by atoms with Gasteiger partial charge in [-0.25, -0.2) is 18.4 Å². The van der Waals surface area contributed by atoms with Gasteiger partial charge in [-0.2, -0.15) is 0 Å². The van der Waals surface area contributed by atoms with Crippen molar-refractivity contribution in [1.82, 2.24) is 5.32 Å². The number of carboxylic acids is 1. The lowest BCUT2D eigenvalue weighted by Gasteiger charge is -2.20. The maximum Gasteiger partial charge on any atom is 0.407 e. The largest absolute Gasteiger partial charge is 0.480 e. The molecule has 1 aliphatic rings. The Bertz CT molecular complexity index is 812. The minimum atomic E-state index is -3.32. The Kier molecular flexibility index (Phi) is 5.36. The Hall–Kier alpha value is -3.00. The summed E-state index contributed by atoms with van der Waals surface area (Å²) < 4.78 is 30.2. The average Bonchev–Trinajstić information content (AvgIpc) is 2.97. The van der Waals surface area contributed by atoms with E-state index in [0.717, 1.165) is 22.3 Å². The number of aliphatic carboxylic acids is 1. The predicted molar refractivity (Wildman–Crippen MR) is 91.6 cm³/mol. The number of alkyl carbamates (subject to hydrolysis) is 1. The SMILES string of the molecule is O=C(N[C@H](C(=O)O)[C@H](O)C(F)F)OCC1c2ccccc2-c2ccccc21. The third-order valence-corrected chi connectivity index (χ3v) is 4.48. The second kappa shape index (κ2) is 7.71. The van der Waals surface area contributed by atoms with E-state index in [0.29, 0.717) is 0 Å². The van der Waals surface area contributed by atoms with Crippen LogP contribution in [0.25, 0.3) is 11.1 Å². The quantitative estimate of drug-likeness (QED) is 0.719. The van der Waals surface area contributed by atoms with Crippen molar-refractivity contribution in [1.29, 1.82) is 0 Å². The smallest absolute Gasteiger partial charge is 0.407 e.